The number of aromatic nitrogens is 2. The topological polar surface area (TPSA) is 43.8 Å². The van der Waals surface area contributed by atoms with E-state index in [-0.39, 0.29) is 0 Å². The lowest BCUT2D eigenvalue weighted by Crippen LogP contribution is -2.12. The van der Waals surface area contributed by atoms with E-state index < -0.39 is 0 Å². The fraction of sp³-hybridized carbons (Fsp3) is 0.750. The Hall–Kier alpha value is -0.830. The summed E-state index contributed by atoms with van der Waals surface area (Å²) in [5.74, 6) is 1.84. The summed E-state index contributed by atoms with van der Waals surface area (Å²) >= 11 is 0. The van der Waals surface area contributed by atoms with Gasteiger partial charge in [0.25, 0.3) is 0 Å². The average Bonchev–Trinajstić information content (AvgIpc) is 2.64. The molecule has 0 aliphatic rings. The van der Waals surface area contributed by atoms with Gasteiger partial charge in [-0.05, 0) is 26.3 Å². The molecule has 1 aromatic heterocycles. The van der Waals surface area contributed by atoms with Crippen LogP contribution in [0.4, 0.5) is 0 Å². The summed E-state index contributed by atoms with van der Waals surface area (Å²) in [6, 6.07) is 0. The Morgan fingerprint density at radius 2 is 2.00 bits per heavy atom. The molecule has 1 heterocycles. The molecule has 0 amide bonds. The maximum Gasteiger partial charge on any atom is 0.111 e. The molecule has 1 aromatic rings. The number of nitrogens with zero attached hydrogens (tertiary/aromatic N) is 2. The molecule has 2 N–H and O–H groups in total. The third kappa shape index (κ3) is 2.59. The Balaban J connectivity index is 2.96. The summed E-state index contributed by atoms with van der Waals surface area (Å²) in [5, 5.41) is 0. The molecule has 0 bridgehead atoms. The van der Waals surface area contributed by atoms with E-state index in [0.717, 1.165) is 25.8 Å². The Kier molecular flexibility index (Phi) is 4.82. The van der Waals surface area contributed by atoms with Gasteiger partial charge in [0.1, 0.15) is 5.82 Å². The maximum absolute atomic E-state index is 5.59. The molecule has 86 valence electrons. The van der Waals surface area contributed by atoms with E-state index in [1.807, 2.05) is 6.20 Å². The molecule has 0 saturated carbocycles. The third-order valence-electron chi connectivity index (χ3n) is 3.04. The van der Waals surface area contributed by atoms with Crippen LogP contribution in [0.1, 0.15) is 51.0 Å². The highest BCUT2D eigenvalue weighted by atomic mass is 15.1. The van der Waals surface area contributed by atoms with E-state index >= 15 is 0 Å². The lowest BCUT2D eigenvalue weighted by atomic mass is 10.0. The molecule has 3 nitrogen and oxygen atoms in total. The van der Waals surface area contributed by atoms with Crippen LogP contribution in [0.5, 0.6) is 0 Å². The van der Waals surface area contributed by atoms with Crippen molar-refractivity contribution in [1.82, 2.24) is 9.55 Å². The van der Waals surface area contributed by atoms with E-state index in [2.05, 4.69) is 30.3 Å². The van der Waals surface area contributed by atoms with Gasteiger partial charge in [-0.1, -0.05) is 13.8 Å². The monoisotopic (exact) mass is 209 g/mol. The second-order valence-electron chi connectivity index (χ2n) is 3.90. The van der Waals surface area contributed by atoms with Gasteiger partial charge in [0.15, 0.2) is 0 Å². The number of nitrogens with two attached hydrogens (primary N) is 1. The van der Waals surface area contributed by atoms with Crippen LogP contribution in [0.2, 0.25) is 0 Å². The first-order chi connectivity index (χ1) is 7.28. The molecule has 15 heavy (non-hydrogen) atoms. The molecular formula is C12H23N3. The first kappa shape index (κ1) is 12.2. The first-order valence-electron chi connectivity index (χ1n) is 6.02. The molecule has 0 aliphatic carbocycles. The van der Waals surface area contributed by atoms with Crippen molar-refractivity contribution in [2.75, 3.05) is 6.54 Å². The minimum absolute atomic E-state index is 0.594. The van der Waals surface area contributed by atoms with Crippen LogP contribution in [-0.4, -0.2) is 16.1 Å². The molecule has 0 aromatic carbocycles. The molecule has 0 saturated heterocycles. The largest absolute Gasteiger partial charge is 0.332 e. The number of hydrogen-bond acceptors (Lipinski definition) is 2. The highest BCUT2D eigenvalue weighted by Crippen LogP contribution is 2.22. The first-order valence-corrected chi connectivity index (χ1v) is 6.02. The maximum atomic E-state index is 5.59. The van der Waals surface area contributed by atoms with E-state index in [4.69, 9.17) is 5.73 Å². The summed E-state index contributed by atoms with van der Waals surface area (Å²) in [7, 11) is 0. The number of rotatable bonds is 6. The third-order valence-corrected chi connectivity index (χ3v) is 3.04. The standard InChI is InChI=1S/C12H23N3/c1-4-10(5-2)12-14-9-11(7-8-13)15(12)6-3/h9-10H,4-8,13H2,1-3H3. The second-order valence-corrected chi connectivity index (χ2v) is 3.90. The molecule has 0 atom stereocenters. The van der Waals surface area contributed by atoms with Gasteiger partial charge in [0.05, 0.1) is 0 Å². The molecule has 1 rings (SSSR count). The zero-order valence-corrected chi connectivity index (χ0v) is 10.2. The van der Waals surface area contributed by atoms with Crippen molar-refractivity contribution in [2.45, 2.75) is 52.5 Å². The van der Waals surface area contributed by atoms with Crippen LogP contribution in [-0.2, 0) is 13.0 Å². The molecule has 3 heteroatoms. The van der Waals surface area contributed by atoms with E-state index in [9.17, 15) is 0 Å². The zero-order chi connectivity index (χ0) is 11.3. The SMILES string of the molecule is CCC(CC)c1ncc(CCN)n1CC. The van der Waals surface area contributed by atoms with Crippen molar-refractivity contribution >= 4 is 0 Å². The fourth-order valence-electron chi connectivity index (χ4n) is 2.12. The van der Waals surface area contributed by atoms with E-state index in [1.54, 1.807) is 0 Å². The predicted molar refractivity (Wildman–Crippen MR) is 64.0 cm³/mol. The summed E-state index contributed by atoms with van der Waals surface area (Å²) in [6.45, 7) is 8.33. The predicted octanol–water partition coefficient (Wildman–Crippen LogP) is 2.31. The van der Waals surface area contributed by atoms with Crippen molar-refractivity contribution in [1.29, 1.82) is 0 Å². The zero-order valence-electron chi connectivity index (χ0n) is 10.2. The Morgan fingerprint density at radius 1 is 1.33 bits per heavy atom. The van der Waals surface area contributed by atoms with Gasteiger partial charge < -0.3 is 10.3 Å². The van der Waals surface area contributed by atoms with Crippen LogP contribution >= 0.6 is 0 Å². The van der Waals surface area contributed by atoms with Gasteiger partial charge in [-0.2, -0.15) is 0 Å². The normalized spacial score (nSPS) is 11.3. The molecular weight excluding hydrogens is 186 g/mol. The average molecular weight is 209 g/mol. The van der Waals surface area contributed by atoms with Crippen LogP contribution in [0.15, 0.2) is 6.20 Å². The Morgan fingerprint density at radius 3 is 2.47 bits per heavy atom. The Labute approximate surface area is 92.7 Å². The molecule has 0 unspecified atom stereocenters. The minimum atomic E-state index is 0.594. The van der Waals surface area contributed by atoms with Crippen molar-refractivity contribution in [3.8, 4) is 0 Å². The van der Waals surface area contributed by atoms with Gasteiger partial charge >= 0.3 is 0 Å². The van der Waals surface area contributed by atoms with Crippen LogP contribution in [0, 0.1) is 0 Å². The Bertz CT molecular complexity index is 287. The molecule has 0 radical (unpaired) electrons. The lowest BCUT2D eigenvalue weighted by molar-refractivity contribution is 0.548. The van der Waals surface area contributed by atoms with Crippen LogP contribution in [0.25, 0.3) is 0 Å². The molecule has 0 fully saturated rings. The van der Waals surface area contributed by atoms with Crippen molar-refractivity contribution in [3.05, 3.63) is 17.7 Å². The van der Waals surface area contributed by atoms with E-state index in [0.29, 0.717) is 12.5 Å². The summed E-state index contributed by atoms with van der Waals surface area (Å²) in [4.78, 5) is 4.56. The van der Waals surface area contributed by atoms with Gasteiger partial charge in [-0.15, -0.1) is 0 Å². The number of imidazole rings is 1. The van der Waals surface area contributed by atoms with Crippen molar-refractivity contribution < 1.29 is 0 Å². The second kappa shape index (κ2) is 5.91. The lowest BCUT2D eigenvalue weighted by Gasteiger charge is -2.15. The van der Waals surface area contributed by atoms with Gasteiger partial charge in [-0.3, -0.25) is 0 Å². The van der Waals surface area contributed by atoms with Crippen molar-refractivity contribution in [3.63, 3.8) is 0 Å². The smallest absolute Gasteiger partial charge is 0.111 e. The van der Waals surface area contributed by atoms with Gasteiger partial charge in [-0.25, -0.2) is 4.98 Å². The van der Waals surface area contributed by atoms with Crippen molar-refractivity contribution in [2.24, 2.45) is 5.73 Å². The summed E-state index contributed by atoms with van der Waals surface area (Å²) in [6.07, 6.45) is 5.25. The quantitative estimate of drug-likeness (QED) is 0.781. The fourth-order valence-corrected chi connectivity index (χ4v) is 2.12. The highest BCUT2D eigenvalue weighted by molar-refractivity contribution is 5.10. The van der Waals surface area contributed by atoms with Crippen LogP contribution in [0.3, 0.4) is 0 Å². The van der Waals surface area contributed by atoms with Gasteiger partial charge in [0.2, 0.25) is 0 Å². The van der Waals surface area contributed by atoms with Crippen LogP contribution < -0.4 is 5.73 Å². The van der Waals surface area contributed by atoms with E-state index in [1.165, 1.54) is 11.5 Å². The molecule has 0 aliphatic heterocycles. The van der Waals surface area contributed by atoms with Gasteiger partial charge in [0, 0.05) is 30.8 Å². The minimum Gasteiger partial charge on any atom is -0.332 e. The number of hydrogen-bond donors (Lipinski definition) is 1. The summed E-state index contributed by atoms with van der Waals surface area (Å²) < 4.78 is 2.32. The molecule has 0 spiro atoms. The highest BCUT2D eigenvalue weighted by Gasteiger charge is 2.15. The summed E-state index contributed by atoms with van der Waals surface area (Å²) in [5.41, 5.74) is 6.87.